The van der Waals surface area contributed by atoms with E-state index in [-0.39, 0.29) is 0 Å². The number of nitrogens with one attached hydrogen (secondary N) is 2. The average Bonchev–Trinajstić information content (AvgIpc) is 3.12. The van der Waals surface area contributed by atoms with Gasteiger partial charge < -0.3 is 20.3 Å². The molecule has 1 aromatic heterocycles. The van der Waals surface area contributed by atoms with Crippen LogP contribution in [0.5, 0.6) is 5.75 Å². The van der Waals surface area contributed by atoms with E-state index in [1.165, 1.54) is 0 Å². The molecule has 0 saturated carbocycles. The van der Waals surface area contributed by atoms with Crippen LogP contribution in [0.1, 0.15) is 22.5 Å². The van der Waals surface area contributed by atoms with Crippen LogP contribution in [0.15, 0.2) is 59.6 Å². The standard InChI is InChI=1S/C25H34N6O/c1-19-16-20(2)31(29-19)23-12-8-6-10-21(23)17-27-25(26-3)28-18-22-11-7-9-13-24(22)32-15-14-30(4)5/h6-13,16H,14-15,17-18H2,1-5H3,(H2,26,27,28). The summed E-state index contributed by atoms with van der Waals surface area (Å²) < 4.78 is 7.96. The number of benzene rings is 2. The van der Waals surface area contributed by atoms with Crippen molar-refractivity contribution in [1.29, 1.82) is 0 Å². The summed E-state index contributed by atoms with van der Waals surface area (Å²) in [4.78, 5) is 6.49. The number of aryl methyl sites for hydroxylation is 2. The third kappa shape index (κ3) is 6.34. The Bertz CT molecular complexity index is 1040. The number of hydrogen-bond acceptors (Lipinski definition) is 4. The highest BCUT2D eigenvalue weighted by molar-refractivity contribution is 5.79. The lowest BCUT2D eigenvalue weighted by atomic mass is 10.1. The molecule has 0 bridgehead atoms. The van der Waals surface area contributed by atoms with Crippen molar-refractivity contribution < 1.29 is 4.74 Å². The largest absolute Gasteiger partial charge is 0.492 e. The van der Waals surface area contributed by atoms with E-state index in [9.17, 15) is 0 Å². The van der Waals surface area contributed by atoms with Crippen LogP contribution < -0.4 is 15.4 Å². The third-order valence-electron chi connectivity index (χ3n) is 5.11. The monoisotopic (exact) mass is 434 g/mol. The first-order valence-electron chi connectivity index (χ1n) is 10.9. The SMILES string of the molecule is CN=C(NCc1ccccc1OCCN(C)C)NCc1ccccc1-n1nc(C)cc1C. The quantitative estimate of drug-likeness (QED) is 0.400. The molecule has 0 fully saturated rings. The third-order valence-corrected chi connectivity index (χ3v) is 5.11. The first kappa shape index (κ1) is 23.3. The number of nitrogens with zero attached hydrogens (tertiary/aromatic N) is 4. The van der Waals surface area contributed by atoms with Crippen LogP contribution in [0.4, 0.5) is 0 Å². The van der Waals surface area contributed by atoms with Gasteiger partial charge in [-0.2, -0.15) is 5.10 Å². The highest BCUT2D eigenvalue weighted by Gasteiger charge is 2.10. The van der Waals surface area contributed by atoms with Crippen molar-refractivity contribution in [2.75, 3.05) is 34.3 Å². The van der Waals surface area contributed by atoms with Gasteiger partial charge in [0.25, 0.3) is 0 Å². The molecule has 7 heteroatoms. The molecule has 0 aliphatic carbocycles. The lowest BCUT2D eigenvalue weighted by molar-refractivity contribution is 0.259. The number of aliphatic imine (C=N–C) groups is 1. The van der Waals surface area contributed by atoms with Gasteiger partial charge in [-0.1, -0.05) is 36.4 Å². The van der Waals surface area contributed by atoms with Crippen LogP contribution in [0.2, 0.25) is 0 Å². The predicted molar refractivity (Wildman–Crippen MR) is 131 cm³/mol. The molecule has 170 valence electrons. The van der Waals surface area contributed by atoms with Crippen molar-refractivity contribution in [1.82, 2.24) is 25.3 Å². The summed E-state index contributed by atoms with van der Waals surface area (Å²) in [5.74, 6) is 1.63. The van der Waals surface area contributed by atoms with Gasteiger partial charge in [0.2, 0.25) is 0 Å². The molecule has 0 aliphatic rings. The van der Waals surface area contributed by atoms with Crippen molar-refractivity contribution >= 4 is 5.96 Å². The summed E-state index contributed by atoms with van der Waals surface area (Å²) in [6, 6.07) is 18.5. The summed E-state index contributed by atoms with van der Waals surface area (Å²) in [5.41, 5.74) is 5.43. The molecule has 1 heterocycles. The van der Waals surface area contributed by atoms with Gasteiger partial charge in [-0.05, 0) is 51.7 Å². The zero-order valence-corrected chi connectivity index (χ0v) is 19.7. The highest BCUT2D eigenvalue weighted by Crippen LogP contribution is 2.18. The van der Waals surface area contributed by atoms with Crippen molar-refractivity contribution in [2.24, 2.45) is 4.99 Å². The Hall–Kier alpha value is -3.32. The second kappa shape index (κ2) is 11.3. The minimum absolute atomic E-state index is 0.622. The molecule has 3 rings (SSSR count). The van der Waals surface area contributed by atoms with Crippen LogP contribution in [0, 0.1) is 13.8 Å². The molecule has 0 amide bonds. The minimum Gasteiger partial charge on any atom is -0.492 e. The first-order valence-corrected chi connectivity index (χ1v) is 10.9. The fraction of sp³-hybridized carbons (Fsp3) is 0.360. The molecule has 2 N–H and O–H groups in total. The highest BCUT2D eigenvalue weighted by atomic mass is 16.5. The van der Waals surface area contributed by atoms with Gasteiger partial charge >= 0.3 is 0 Å². The molecule has 0 unspecified atom stereocenters. The van der Waals surface area contributed by atoms with Crippen LogP contribution >= 0.6 is 0 Å². The number of para-hydroxylation sites is 2. The Balaban J connectivity index is 1.62. The Morgan fingerprint density at radius 2 is 1.66 bits per heavy atom. The first-order chi connectivity index (χ1) is 15.5. The number of ether oxygens (including phenoxy) is 1. The van der Waals surface area contributed by atoms with E-state index in [0.717, 1.165) is 46.5 Å². The molecule has 3 aromatic rings. The van der Waals surface area contributed by atoms with E-state index >= 15 is 0 Å². The fourth-order valence-corrected chi connectivity index (χ4v) is 3.45. The Labute approximate surface area is 191 Å². The van der Waals surface area contributed by atoms with E-state index in [1.807, 2.05) is 56.0 Å². The molecule has 0 saturated heterocycles. The summed E-state index contributed by atoms with van der Waals surface area (Å²) in [7, 11) is 5.86. The minimum atomic E-state index is 0.622. The summed E-state index contributed by atoms with van der Waals surface area (Å²) >= 11 is 0. The second-order valence-corrected chi connectivity index (χ2v) is 8.01. The van der Waals surface area contributed by atoms with E-state index in [1.54, 1.807) is 7.05 Å². The van der Waals surface area contributed by atoms with Gasteiger partial charge in [-0.3, -0.25) is 4.99 Å². The molecule has 0 radical (unpaired) electrons. The maximum atomic E-state index is 5.97. The summed E-state index contributed by atoms with van der Waals surface area (Å²) in [6.07, 6.45) is 0. The molecule has 0 aliphatic heterocycles. The smallest absolute Gasteiger partial charge is 0.191 e. The van der Waals surface area contributed by atoms with Crippen LogP contribution in [-0.4, -0.2) is 54.9 Å². The van der Waals surface area contributed by atoms with E-state index in [2.05, 4.69) is 56.8 Å². The number of hydrogen-bond donors (Lipinski definition) is 2. The Kier molecular flexibility index (Phi) is 8.27. The molecule has 7 nitrogen and oxygen atoms in total. The van der Waals surface area contributed by atoms with E-state index < -0.39 is 0 Å². The molecule has 0 spiro atoms. The number of guanidine groups is 1. The second-order valence-electron chi connectivity index (χ2n) is 8.01. The Morgan fingerprint density at radius 1 is 1.00 bits per heavy atom. The van der Waals surface area contributed by atoms with Gasteiger partial charge in [-0.25, -0.2) is 4.68 Å². The van der Waals surface area contributed by atoms with Crippen molar-refractivity contribution in [3.63, 3.8) is 0 Å². The molecule has 0 atom stereocenters. The zero-order chi connectivity index (χ0) is 22.9. The summed E-state index contributed by atoms with van der Waals surface area (Å²) in [5, 5.41) is 11.5. The van der Waals surface area contributed by atoms with Gasteiger partial charge in [0.1, 0.15) is 12.4 Å². The van der Waals surface area contributed by atoms with Crippen LogP contribution in [0.25, 0.3) is 5.69 Å². The lowest BCUT2D eigenvalue weighted by Crippen LogP contribution is -2.36. The lowest BCUT2D eigenvalue weighted by Gasteiger charge is -2.17. The van der Waals surface area contributed by atoms with Gasteiger partial charge in [0, 0.05) is 37.9 Å². The van der Waals surface area contributed by atoms with Gasteiger partial charge in [0.15, 0.2) is 5.96 Å². The van der Waals surface area contributed by atoms with Crippen molar-refractivity contribution in [3.05, 3.63) is 77.1 Å². The predicted octanol–water partition coefficient (Wildman–Crippen LogP) is 3.29. The number of aromatic nitrogens is 2. The fourth-order valence-electron chi connectivity index (χ4n) is 3.45. The van der Waals surface area contributed by atoms with Crippen LogP contribution in [-0.2, 0) is 13.1 Å². The van der Waals surface area contributed by atoms with Crippen molar-refractivity contribution in [2.45, 2.75) is 26.9 Å². The van der Waals surface area contributed by atoms with Gasteiger partial charge in [-0.15, -0.1) is 0 Å². The maximum Gasteiger partial charge on any atom is 0.191 e. The average molecular weight is 435 g/mol. The molecule has 2 aromatic carbocycles. The summed E-state index contributed by atoms with van der Waals surface area (Å²) in [6.45, 7) is 6.87. The number of rotatable bonds is 9. The molecule has 32 heavy (non-hydrogen) atoms. The zero-order valence-electron chi connectivity index (χ0n) is 19.7. The number of likely N-dealkylation sites (N-methyl/N-ethyl adjacent to an activating group) is 1. The van der Waals surface area contributed by atoms with Gasteiger partial charge in [0.05, 0.1) is 11.4 Å². The van der Waals surface area contributed by atoms with E-state index in [0.29, 0.717) is 19.7 Å². The molecular weight excluding hydrogens is 400 g/mol. The normalized spacial score (nSPS) is 11.6. The van der Waals surface area contributed by atoms with Crippen molar-refractivity contribution in [3.8, 4) is 11.4 Å². The molecular formula is C25H34N6O. The topological polar surface area (TPSA) is 66.7 Å². The van der Waals surface area contributed by atoms with Crippen LogP contribution in [0.3, 0.4) is 0 Å². The maximum absolute atomic E-state index is 5.97. The Morgan fingerprint density at radius 3 is 2.31 bits per heavy atom. The van der Waals surface area contributed by atoms with E-state index in [4.69, 9.17) is 4.74 Å².